The van der Waals surface area contributed by atoms with E-state index in [1.54, 1.807) is 0 Å². The molecule has 1 aromatic heterocycles. The summed E-state index contributed by atoms with van der Waals surface area (Å²) in [6.07, 6.45) is 3.63. The number of aromatic nitrogens is 1. The molecular formula is C15H17ClN2O. The lowest BCUT2D eigenvalue weighted by Gasteiger charge is -2.16. The Morgan fingerprint density at radius 3 is 2.47 bits per heavy atom. The molecule has 1 aromatic carbocycles. The number of benzene rings is 1. The Kier molecular flexibility index (Phi) is 5.19. The Bertz CT molecular complexity index is 487. The van der Waals surface area contributed by atoms with Crippen LogP contribution in [0.4, 0.5) is 0 Å². The van der Waals surface area contributed by atoms with Crippen molar-refractivity contribution in [1.82, 2.24) is 9.88 Å². The molecule has 2 rings (SSSR count). The zero-order valence-corrected chi connectivity index (χ0v) is 11.7. The quantitative estimate of drug-likeness (QED) is 0.810. The van der Waals surface area contributed by atoms with Crippen LogP contribution in [0.15, 0.2) is 48.8 Å². The maximum atomic E-state index is 5.82. The fourth-order valence-electron chi connectivity index (χ4n) is 1.73. The second-order valence-corrected chi connectivity index (χ2v) is 4.83. The van der Waals surface area contributed by atoms with Crippen LogP contribution in [0.2, 0.25) is 5.02 Å². The van der Waals surface area contributed by atoms with Gasteiger partial charge in [0.1, 0.15) is 12.4 Å². The Labute approximate surface area is 118 Å². The monoisotopic (exact) mass is 276 g/mol. The Hall–Kier alpha value is -1.58. The number of ether oxygens (including phenoxy) is 1. The third kappa shape index (κ3) is 4.89. The highest BCUT2D eigenvalue weighted by Gasteiger charge is 2.01. The number of pyridine rings is 1. The molecule has 0 aliphatic rings. The number of rotatable bonds is 6. The van der Waals surface area contributed by atoms with Crippen molar-refractivity contribution < 1.29 is 4.74 Å². The van der Waals surface area contributed by atoms with Crippen LogP contribution in [-0.4, -0.2) is 30.1 Å². The highest BCUT2D eigenvalue weighted by molar-refractivity contribution is 6.30. The molecule has 100 valence electrons. The minimum Gasteiger partial charge on any atom is -0.492 e. The first kappa shape index (κ1) is 13.8. The summed E-state index contributed by atoms with van der Waals surface area (Å²) < 4.78 is 5.66. The van der Waals surface area contributed by atoms with Crippen molar-refractivity contribution in [2.45, 2.75) is 6.54 Å². The molecule has 0 bridgehead atoms. The van der Waals surface area contributed by atoms with Crippen LogP contribution in [0.5, 0.6) is 5.75 Å². The van der Waals surface area contributed by atoms with Crippen LogP contribution in [0.25, 0.3) is 0 Å². The van der Waals surface area contributed by atoms with Gasteiger partial charge in [0.05, 0.1) is 0 Å². The van der Waals surface area contributed by atoms with Crippen molar-refractivity contribution in [3.63, 3.8) is 0 Å². The number of likely N-dealkylation sites (N-methyl/N-ethyl adjacent to an activating group) is 1. The van der Waals surface area contributed by atoms with Gasteiger partial charge < -0.3 is 4.74 Å². The van der Waals surface area contributed by atoms with E-state index in [1.165, 1.54) is 5.56 Å². The van der Waals surface area contributed by atoms with Crippen LogP contribution in [0.3, 0.4) is 0 Å². The maximum absolute atomic E-state index is 5.82. The third-order valence-corrected chi connectivity index (χ3v) is 3.01. The summed E-state index contributed by atoms with van der Waals surface area (Å²) in [4.78, 5) is 6.22. The molecule has 0 aliphatic carbocycles. The third-order valence-electron chi connectivity index (χ3n) is 2.76. The molecule has 0 unspecified atom stereocenters. The molecule has 4 heteroatoms. The number of halogens is 1. The van der Waals surface area contributed by atoms with Crippen molar-refractivity contribution in [3.05, 3.63) is 59.4 Å². The highest BCUT2D eigenvalue weighted by Crippen LogP contribution is 2.15. The van der Waals surface area contributed by atoms with E-state index in [0.717, 1.165) is 23.9 Å². The van der Waals surface area contributed by atoms with E-state index < -0.39 is 0 Å². The van der Waals surface area contributed by atoms with Gasteiger partial charge in [0.15, 0.2) is 0 Å². The zero-order chi connectivity index (χ0) is 13.5. The highest BCUT2D eigenvalue weighted by atomic mass is 35.5. The van der Waals surface area contributed by atoms with Crippen molar-refractivity contribution >= 4 is 11.6 Å². The summed E-state index contributed by atoms with van der Waals surface area (Å²) in [5.74, 6) is 0.849. The second kappa shape index (κ2) is 7.12. The van der Waals surface area contributed by atoms with Crippen LogP contribution in [0.1, 0.15) is 5.56 Å². The van der Waals surface area contributed by atoms with Crippen LogP contribution >= 0.6 is 11.6 Å². The predicted octanol–water partition coefficient (Wildman–Crippen LogP) is 3.25. The van der Waals surface area contributed by atoms with Crippen LogP contribution in [0, 0.1) is 0 Å². The second-order valence-electron chi connectivity index (χ2n) is 4.40. The molecule has 0 N–H and O–H groups in total. The molecule has 3 nitrogen and oxygen atoms in total. The van der Waals surface area contributed by atoms with E-state index >= 15 is 0 Å². The molecule has 19 heavy (non-hydrogen) atoms. The van der Waals surface area contributed by atoms with E-state index in [0.29, 0.717) is 6.61 Å². The van der Waals surface area contributed by atoms with Crippen molar-refractivity contribution in [2.24, 2.45) is 0 Å². The first-order valence-corrected chi connectivity index (χ1v) is 6.57. The minimum absolute atomic E-state index is 0.656. The summed E-state index contributed by atoms with van der Waals surface area (Å²) in [7, 11) is 2.08. The van der Waals surface area contributed by atoms with Gasteiger partial charge in [0.25, 0.3) is 0 Å². The lowest BCUT2D eigenvalue weighted by Crippen LogP contribution is -2.23. The molecule has 0 aliphatic heterocycles. The standard InChI is InChI=1S/C15H17ClN2O/c1-18(12-13-6-8-17-9-7-13)10-11-19-15-4-2-14(16)3-5-15/h2-9H,10-12H2,1H3. The molecule has 0 saturated heterocycles. The summed E-state index contributed by atoms with van der Waals surface area (Å²) in [6.45, 7) is 2.42. The van der Waals surface area contributed by atoms with Gasteiger partial charge in [-0.1, -0.05) is 11.6 Å². The van der Waals surface area contributed by atoms with Gasteiger partial charge >= 0.3 is 0 Å². The minimum atomic E-state index is 0.656. The summed E-state index contributed by atoms with van der Waals surface area (Å²) in [6, 6.07) is 11.5. The van der Waals surface area contributed by atoms with E-state index in [2.05, 4.69) is 16.9 Å². The summed E-state index contributed by atoms with van der Waals surface area (Å²) in [5, 5.41) is 0.724. The van der Waals surface area contributed by atoms with Gasteiger partial charge in [0, 0.05) is 30.5 Å². The molecular weight excluding hydrogens is 260 g/mol. The average molecular weight is 277 g/mol. The van der Waals surface area contributed by atoms with Gasteiger partial charge in [-0.05, 0) is 49.0 Å². The van der Waals surface area contributed by atoms with Gasteiger partial charge in [0.2, 0.25) is 0 Å². The number of hydrogen-bond acceptors (Lipinski definition) is 3. The molecule has 0 atom stereocenters. The maximum Gasteiger partial charge on any atom is 0.119 e. The van der Waals surface area contributed by atoms with Gasteiger partial charge in [-0.3, -0.25) is 9.88 Å². The predicted molar refractivity (Wildman–Crippen MR) is 77.5 cm³/mol. The first-order chi connectivity index (χ1) is 9.24. The topological polar surface area (TPSA) is 25.4 Å². The average Bonchev–Trinajstić information content (AvgIpc) is 2.42. The fourth-order valence-corrected chi connectivity index (χ4v) is 1.86. The van der Waals surface area contributed by atoms with E-state index in [4.69, 9.17) is 16.3 Å². The molecule has 0 fully saturated rings. The summed E-state index contributed by atoms with van der Waals surface area (Å²) >= 11 is 5.82. The SMILES string of the molecule is CN(CCOc1ccc(Cl)cc1)Cc1ccncc1. The Morgan fingerprint density at radius 1 is 1.11 bits per heavy atom. The van der Waals surface area contributed by atoms with Crippen LogP contribution in [-0.2, 0) is 6.54 Å². The van der Waals surface area contributed by atoms with E-state index in [9.17, 15) is 0 Å². The molecule has 1 heterocycles. The number of hydrogen-bond donors (Lipinski definition) is 0. The molecule has 0 saturated carbocycles. The smallest absolute Gasteiger partial charge is 0.119 e. The van der Waals surface area contributed by atoms with Gasteiger partial charge in [-0.15, -0.1) is 0 Å². The first-order valence-electron chi connectivity index (χ1n) is 6.20. The van der Waals surface area contributed by atoms with Crippen molar-refractivity contribution in [3.8, 4) is 5.75 Å². The lowest BCUT2D eigenvalue weighted by atomic mass is 10.2. The molecule has 0 amide bonds. The number of nitrogens with zero attached hydrogens (tertiary/aromatic N) is 2. The molecule has 0 radical (unpaired) electrons. The van der Waals surface area contributed by atoms with Gasteiger partial charge in [-0.2, -0.15) is 0 Å². The largest absolute Gasteiger partial charge is 0.492 e. The molecule has 2 aromatic rings. The van der Waals surface area contributed by atoms with Crippen molar-refractivity contribution in [2.75, 3.05) is 20.2 Å². The Balaban J connectivity index is 1.72. The fraction of sp³-hybridized carbons (Fsp3) is 0.267. The van der Waals surface area contributed by atoms with Gasteiger partial charge in [-0.25, -0.2) is 0 Å². The van der Waals surface area contributed by atoms with Crippen LogP contribution < -0.4 is 4.74 Å². The lowest BCUT2D eigenvalue weighted by molar-refractivity contribution is 0.233. The van der Waals surface area contributed by atoms with E-state index in [-0.39, 0.29) is 0 Å². The Morgan fingerprint density at radius 2 is 1.79 bits per heavy atom. The zero-order valence-electron chi connectivity index (χ0n) is 10.9. The normalized spacial score (nSPS) is 10.7. The van der Waals surface area contributed by atoms with Crippen molar-refractivity contribution in [1.29, 1.82) is 0 Å². The summed E-state index contributed by atoms with van der Waals surface area (Å²) in [5.41, 5.74) is 1.25. The van der Waals surface area contributed by atoms with E-state index in [1.807, 2.05) is 48.8 Å². The molecule has 0 spiro atoms.